The second kappa shape index (κ2) is 5.15. The summed E-state index contributed by atoms with van der Waals surface area (Å²) in [7, 11) is 0. The Morgan fingerprint density at radius 3 is 2.35 bits per heavy atom. The lowest BCUT2D eigenvalue weighted by Gasteiger charge is -2.38. The molecule has 0 spiro atoms. The van der Waals surface area contributed by atoms with Crippen molar-refractivity contribution >= 4 is 0 Å². The fourth-order valence-electron chi connectivity index (χ4n) is 5.53. The predicted octanol–water partition coefficient (Wildman–Crippen LogP) is 5.61. The maximum absolute atomic E-state index is 12.9. The molecule has 2 aromatic rings. The van der Waals surface area contributed by atoms with Crippen LogP contribution in [-0.2, 0) is 6.67 Å². The van der Waals surface area contributed by atoms with Gasteiger partial charge in [0.05, 0.1) is 11.4 Å². The van der Waals surface area contributed by atoms with E-state index < -0.39 is 6.67 Å². The van der Waals surface area contributed by atoms with Crippen molar-refractivity contribution in [2.75, 3.05) is 0 Å². The third kappa shape index (κ3) is 2.22. The molecule has 0 radical (unpaired) electrons. The number of hydrogen-bond acceptors (Lipinski definition) is 1. The van der Waals surface area contributed by atoms with Gasteiger partial charge in [-0.25, -0.2) is 4.39 Å². The third-order valence-electron chi connectivity index (χ3n) is 6.34. The van der Waals surface area contributed by atoms with Gasteiger partial charge in [-0.2, -0.15) is 0 Å². The van der Waals surface area contributed by atoms with Crippen LogP contribution in [0.2, 0.25) is 0 Å². The molecular weight excluding hydrogens is 285 g/mol. The van der Waals surface area contributed by atoms with Gasteiger partial charge in [-0.3, -0.25) is 4.98 Å². The fourth-order valence-corrected chi connectivity index (χ4v) is 5.53. The molecule has 4 aliphatic carbocycles. The lowest BCUT2D eigenvalue weighted by atomic mass is 9.67. The molecule has 1 aromatic heterocycles. The molecule has 1 heterocycles. The standard InChI is InChI=1S/C21H22FN/c22-12-18-2-1-3-21(23-18)15-4-5-19-16-7-13-6-14(8-16)10-17(9-13)20(19)11-15/h1-5,11,13-14,16-17H,6-10,12H2. The Hall–Kier alpha value is -1.70. The van der Waals surface area contributed by atoms with Crippen LogP contribution < -0.4 is 0 Å². The van der Waals surface area contributed by atoms with Crippen molar-refractivity contribution < 1.29 is 4.39 Å². The highest BCUT2D eigenvalue weighted by Gasteiger charge is 2.41. The van der Waals surface area contributed by atoms with Crippen LogP contribution in [0.1, 0.15) is 60.8 Å². The summed E-state index contributed by atoms with van der Waals surface area (Å²) in [6.45, 7) is -0.493. The Labute approximate surface area is 137 Å². The molecule has 118 valence electrons. The average Bonchev–Trinajstić information content (AvgIpc) is 2.76. The monoisotopic (exact) mass is 307 g/mol. The average molecular weight is 307 g/mol. The zero-order chi connectivity index (χ0) is 15.4. The van der Waals surface area contributed by atoms with Crippen LogP contribution in [0.3, 0.4) is 0 Å². The SMILES string of the molecule is FCc1cccc(-c2ccc3c(c2)C2CC4CC(CC3C4)C2)n1. The second-order valence-electron chi connectivity index (χ2n) is 7.80. The number of rotatable bonds is 2. The van der Waals surface area contributed by atoms with Gasteiger partial charge in [0.25, 0.3) is 0 Å². The van der Waals surface area contributed by atoms with Crippen molar-refractivity contribution in [3.8, 4) is 11.3 Å². The quantitative estimate of drug-likeness (QED) is 0.703. The minimum atomic E-state index is -0.493. The normalized spacial score (nSPS) is 31.0. The highest BCUT2D eigenvalue weighted by Crippen LogP contribution is 2.56. The largest absolute Gasteiger partial charge is 0.250 e. The molecule has 1 nitrogen and oxygen atoms in total. The van der Waals surface area contributed by atoms with E-state index in [4.69, 9.17) is 0 Å². The van der Waals surface area contributed by atoms with Crippen molar-refractivity contribution in [3.63, 3.8) is 0 Å². The van der Waals surface area contributed by atoms with Crippen molar-refractivity contribution in [1.82, 2.24) is 4.98 Å². The lowest BCUT2D eigenvalue weighted by Crippen LogP contribution is -2.25. The van der Waals surface area contributed by atoms with Crippen LogP contribution in [0.4, 0.5) is 4.39 Å². The Bertz CT molecular complexity index is 739. The van der Waals surface area contributed by atoms with Gasteiger partial charge in [-0.05, 0) is 85.1 Å². The number of hydrogen-bond donors (Lipinski definition) is 0. The first-order valence-corrected chi connectivity index (χ1v) is 8.96. The summed E-state index contributed by atoms with van der Waals surface area (Å²) < 4.78 is 12.9. The molecule has 6 rings (SSSR count). The Morgan fingerprint density at radius 1 is 0.870 bits per heavy atom. The molecular formula is C21H22FN. The lowest BCUT2D eigenvalue weighted by molar-refractivity contribution is 0.166. The van der Waals surface area contributed by atoms with E-state index in [1.54, 1.807) is 17.2 Å². The molecule has 0 amide bonds. The molecule has 2 heteroatoms. The van der Waals surface area contributed by atoms with Gasteiger partial charge in [-0.15, -0.1) is 0 Å². The van der Waals surface area contributed by atoms with E-state index in [0.717, 1.165) is 34.9 Å². The highest BCUT2D eigenvalue weighted by atomic mass is 19.1. The molecule has 2 unspecified atom stereocenters. The molecule has 2 atom stereocenters. The second-order valence-corrected chi connectivity index (χ2v) is 7.80. The first kappa shape index (κ1) is 13.7. The summed E-state index contributed by atoms with van der Waals surface area (Å²) in [5.74, 6) is 3.41. The Morgan fingerprint density at radius 2 is 1.61 bits per heavy atom. The van der Waals surface area contributed by atoms with Crippen LogP contribution in [0.5, 0.6) is 0 Å². The van der Waals surface area contributed by atoms with Crippen molar-refractivity contribution in [1.29, 1.82) is 0 Å². The number of pyridine rings is 1. The smallest absolute Gasteiger partial charge is 0.131 e. The highest BCUT2D eigenvalue weighted by molar-refractivity contribution is 5.62. The maximum Gasteiger partial charge on any atom is 0.131 e. The molecule has 0 aliphatic heterocycles. The van der Waals surface area contributed by atoms with Gasteiger partial charge in [0, 0.05) is 5.56 Å². The number of aromatic nitrogens is 1. The third-order valence-corrected chi connectivity index (χ3v) is 6.34. The number of alkyl halides is 1. The molecule has 2 saturated carbocycles. The number of benzene rings is 1. The van der Waals surface area contributed by atoms with Crippen molar-refractivity contribution in [2.45, 2.75) is 50.6 Å². The molecule has 2 fully saturated rings. The van der Waals surface area contributed by atoms with Crippen molar-refractivity contribution in [3.05, 3.63) is 53.2 Å². The van der Waals surface area contributed by atoms with Crippen LogP contribution in [0, 0.1) is 11.8 Å². The van der Waals surface area contributed by atoms with Gasteiger partial charge in [-0.1, -0.05) is 18.2 Å². The molecule has 0 N–H and O–H groups in total. The summed E-state index contributed by atoms with van der Waals surface area (Å²) >= 11 is 0. The molecule has 1 aromatic carbocycles. The van der Waals surface area contributed by atoms with Gasteiger partial charge in [0.2, 0.25) is 0 Å². The van der Waals surface area contributed by atoms with E-state index >= 15 is 0 Å². The van der Waals surface area contributed by atoms with E-state index in [9.17, 15) is 4.39 Å². The molecule has 4 bridgehead atoms. The van der Waals surface area contributed by atoms with Gasteiger partial charge in [0.1, 0.15) is 6.67 Å². The van der Waals surface area contributed by atoms with Crippen LogP contribution in [0.15, 0.2) is 36.4 Å². The van der Waals surface area contributed by atoms with Gasteiger partial charge < -0.3 is 0 Å². The fraction of sp³-hybridized carbons (Fsp3) is 0.476. The summed E-state index contributed by atoms with van der Waals surface area (Å²) in [4.78, 5) is 4.47. The maximum atomic E-state index is 12.9. The molecule has 4 aliphatic rings. The van der Waals surface area contributed by atoms with E-state index in [1.807, 2.05) is 12.1 Å². The first-order chi connectivity index (χ1) is 11.3. The minimum absolute atomic E-state index is 0.493. The first-order valence-electron chi connectivity index (χ1n) is 8.96. The summed E-state index contributed by atoms with van der Waals surface area (Å²) in [6.07, 6.45) is 7.01. The van der Waals surface area contributed by atoms with E-state index in [2.05, 4.69) is 23.2 Å². The molecule has 0 saturated heterocycles. The van der Waals surface area contributed by atoms with Crippen molar-refractivity contribution in [2.24, 2.45) is 11.8 Å². The van der Waals surface area contributed by atoms with Crippen LogP contribution in [-0.4, -0.2) is 4.98 Å². The zero-order valence-electron chi connectivity index (χ0n) is 13.3. The predicted molar refractivity (Wildman–Crippen MR) is 90.0 cm³/mol. The summed E-state index contributed by atoms with van der Waals surface area (Å²) in [6, 6.07) is 12.6. The van der Waals surface area contributed by atoms with E-state index in [0.29, 0.717) is 5.69 Å². The summed E-state index contributed by atoms with van der Waals surface area (Å²) in [5.41, 5.74) is 5.76. The van der Waals surface area contributed by atoms with Gasteiger partial charge in [0.15, 0.2) is 0 Å². The number of nitrogens with zero attached hydrogens (tertiary/aromatic N) is 1. The molecule has 23 heavy (non-hydrogen) atoms. The minimum Gasteiger partial charge on any atom is -0.250 e. The topological polar surface area (TPSA) is 12.9 Å². The zero-order valence-corrected chi connectivity index (χ0v) is 13.3. The Kier molecular flexibility index (Phi) is 3.07. The van der Waals surface area contributed by atoms with E-state index in [-0.39, 0.29) is 0 Å². The Balaban J connectivity index is 1.60. The van der Waals surface area contributed by atoms with Crippen LogP contribution in [0.25, 0.3) is 11.3 Å². The van der Waals surface area contributed by atoms with E-state index in [1.165, 1.54) is 32.1 Å². The van der Waals surface area contributed by atoms with Crippen LogP contribution >= 0.6 is 0 Å². The number of halogens is 1. The van der Waals surface area contributed by atoms with Gasteiger partial charge >= 0.3 is 0 Å². The summed E-state index contributed by atoms with van der Waals surface area (Å²) in [5, 5.41) is 0.